The summed E-state index contributed by atoms with van der Waals surface area (Å²) in [4.78, 5) is 0. The number of methoxy groups -OCH3 is 2. The molecule has 0 aliphatic heterocycles. The molecule has 0 saturated heterocycles. The molecule has 0 amide bonds. The Balaban J connectivity index is 2.38. The van der Waals surface area contributed by atoms with E-state index in [4.69, 9.17) is 9.47 Å². The van der Waals surface area contributed by atoms with Crippen LogP contribution in [0.1, 0.15) is 0 Å². The number of halogens is 1. The van der Waals surface area contributed by atoms with Gasteiger partial charge in [-0.2, -0.15) is 5.10 Å². The van der Waals surface area contributed by atoms with Crippen molar-refractivity contribution in [2.24, 2.45) is 0 Å². The Bertz CT molecular complexity index is 479. The van der Waals surface area contributed by atoms with Gasteiger partial charge < -0.3 is 9.47 Å². The van der Waals surface area contributed by atoms with E-state index in [0.717, 1.165) is 16.0 Å². The van der Waals surface area contributed by atoms with Crippen LogP contribution in [0.4, 0.5) is 0 Å². The van der Waals surface area contributed by atoms with Gasteiger partial charge in [-0.25, -0.2) is 4.68 Å². The number of ether oxygens (including phenoxy) is 2. The maximum atomic E-state index is 5.14. The van der Waals surface area contributed by atoms with Gasteiger partial charge >= 0.3 is 0 Å². The van der Waals surface area contributed by atoms with Crippen molar-refractivity contribution >= 4 is 15.9 Å². The summed E-state index contributed by atoms with van der Waals surface area (Å²) >= 11 is 3.43. The number of aromatic nitrogens is 2. The average Bonchev–Trinajstić information content (AvgIpc) is 2.70. The number of nitrogens with zero attached hydrogens (tertiary/aromatic N) is 2. The standard InChI is InChI=1S/C11H11BrN2O2/c1-15-9-5-3-8(4-6-9)14-11(12)10(16-2)7-13-14/h3-7H,1-2H3. The summed E-state index contributed by atoms with van der Waals surface area (Å²) in [7, 11) is 3.25. The topological polar surface area (TPSA) is 36.3 Å². The van der Waals surface area contributed by atoms with Crippen molar-refractivity contribution in [1.82, 2.24) is 9.78 Å². The van der Waals surface area contributed by atoms with E-state index in [1.165, 1.54) is 0 Å². The van der Waals surface area contributed by atoms with Gasteiger partial charge in [0.2, 0.25) is 0 Å². The molecule has 0 bridgehead atoms. The third-order valence-electron chi connectivity index (χ3n) is 2.22. The van der Waals surface area contributed by atoms with Crippen LogP contribution in [0.15, 0.2) is 35.1 Å². The second kappa shape index (κ2) is 4.57. The lowest BCUT2D eigenvalue weighted by Gasteiger charge is -2.05. The van der Waals surface area contributed by atoms with Crippen LogP contribution in [-0.4, -0.2) is 24.0 Å². The molecule has 1 aromatic carbocycles. The van der Waals surface area contributed by atoms with E-state index in [1.54, 1.807) is 25.1 Å². The lowest BCUT2D eigenvalue weighted by Crippen LogP contribution is -1.96. The molecule has 16 heavy (non-hydrogen) atoms. The highest BCUT2D eigenvalue weighted by Gasteiger charge is 2.09. The van der Waals surface area contributed by atoms with Crippen LogP contribution in [0.25, 0.3) is 5.69 Å². The molecule has 1 heterocycles. The van der Waals surface area contributed by atoms with E-state index >= 15 is 0 Å². The summed E-state index contributed by atoms with van der Waals surface area (Å²) < 4.78 is 12.8. The van der Waals surface area contributed by atoms with Crippen LogP contribution in [0.5, 0.6) is 11.5 Å². The van der Waals surface area contributed by atoms with E-state index in [0.29, 0.717) is 5.75 Å². The van der Waals surface area contributed by atoms with Crippen LogP contribution in [0.2, 0.25) is 0 Å². The average molecular weight is 283 g/mol. The molecule has 0 unspecified atom stereocenters. The van der Waals surface area contributed by atoms with Crippen LogP contribution in [0.3, 0.4) is 0 Å². The second-order valence-corrected chi connectivity index (χ2v) is 3.86. The number of benzene rings is 1. The lowest BCUT2D eigenvalue weighted by molar-refractivity contribution is 0.411. The van der Waals surface area contributed by atoms with Gasteiger partial charge in [-0.15, -0.1) is 0 Å². The summed E-state index contributed by atoms with van der Waals surface area (Å²) in [6, 6.07) is 7.62. The van der Waals surface area contributed by atoms with Gasteiger partial charge in [0, 0.05) is 0 Å². The SMILES string of the molecule is COc1ccc(-n2ncc(OC)c2Br)cc1. The Hall–Kier alpha value is -1.49. The molecule has 0 spiro atoms. The molecule has 0 N–H and O–H groups in total. The summed E-state index contributed by atoms with van der Waals surface area (Å²) in [5.41, 5.74) is 0.941. The van der Waals surface area contributed by atoms with Crippen molar-refractivity contribution in [2.45, 2.75) is 0 Å². The van der Waals surface area contributed by atoms with Crippen LogP contribution in [-0.2, 0) is 0 Å². The smallest absolute Gasteiger partial charge is 0.171 e. The molecular weight excluding hydrogens is 272 g/mol. The highest BCUT2D eigenvalue weighted by molar-refractivity contribution is 9.10. The molecule has 0 radical (unpaired) electrons. The van der Waals surface area contributed by atoms with Gasteiger partial charge in [0.15, 0.2) is 10.4 Å². The van der Waals surface area contributed by atoms with Crippen LogP contribution < -0.4 is 9.47 Å². The number of hydrogen-bond acceptors (Lipinski definition) is 3. The monoisotopic (exact) mass is 282 g/mol. The summed E-state index contributed by atoms with van der Waals surface area (Å²) in [5.74, 6) is 1.52. The minimum absolute atomic E-state index is 0.704. The fraction of sp³-hybridized carbons (Fsp3) is 0.182. The third-order valence-corrected chi connectivity index (χ3v) is 2.94. The molecule has 0 atom stereocenters. The fourth-order valence-corrected chi connectivity index (χ4v) is 1.92. The number of hydrogen-bond donors (Lipinski definition) is 0. The molecule has 4 nitrogen and oxygen atoms in total. The van der Waals surface area contributed by atoms with Crippen molar-refractivity contribution < 1.29 is 9.47 Å². The predicted octanol–water partition coefficient (Wildman–Crippen LogP) is 2.65. The van der Waals surface area contributed by atoms with Gasteiger partial charge in [0.25, 0.3) is 0 Å². The number of rotatable bonds is 3. The normalized spacial score (nSPS) is 10.2. The zero-order valence-corrected chi connectivity index (χ0v) is 10.6. The third kappa shape index (κ3) is 1.90. The van der Waals surface area contributed by atoms with Gasteiger partial charge in [-0.05, 0) is 40.2 Å². The minimum atomic E-state index is 0.704. The van der Waals surface area contributed by atoms with Crippen molar-refractivity contribution in [3.63, 3.8) is 0 Å². The molecule has 0 aliphatic carbocycles. The highest BCUT2D eigenvalue weighted by Crippen LogP contribution is 2.27. The molecule has 0 saturated carbocycles. The van der Waals surface area contributed by atoms with Crippen molar-refractivity contribution in [3.8, 4) is 17.2 Å². The molecule has 2 rings (SSSR count). The van der Waals surface area contributed by atoms with E-state index < -0.39 is 0 Å². The summed E-state index contributed by atoms with van der Waals surface area (Å²) in [6.45, 7) is 0. The quantitative estimate of drug-likeness (QED) is 0.868. The van der Waals surface area contributed by atoms with E-state index in [9.17, 15) is 0 Å². The molecule has 2 aromatic rings. The van der Waals surface area contributed by atoms with E-state index in [2.05, 4.69) is 21.0 Å². The lowest BCUT2D eigenvalue weighted by atomic mass is 10.3. The fourth-order valence-electron chi connectivity index (χ4n) is 1.36. The molecule has 5 heteroatoms. The first-order chi connectivity index (χ1) is 7.76. The first kappa shape index (κ1) is 11.0. The van der Waals surface area contributed by atoms with Gasteiger partial charge in [-0.3, -0.25) is 0 Å². The van der Waals surface area contributed by atoms with E-state index in [1.807, 2.05) is 24.3 Å². The first-order valence-electron chi connectivity index (χ1n) is 4.68. The molecular formula is C11H11BrN2O2. The Morgan fingerprint density at radius 2 is 1.81 bits per heavy atom. The zero-order valence-electron chi connectivity index (χ0n) is 8.98. The minimum Gasteiger partial charge on any atom is -0.497 e. The Labute approximate surface area is 102 Å². The molecule has 0 fully saturated rings. The van der Waals surface area contributed by atoms with Crippen molar-refractivity contribution in [3.05, 3.63) is 35.1 Å². The first-order valence-corrected chi connectivity index (χ1v) is 5.47. The van der Waals surface area contributed by atoms with Crippen molar-refractivity contribution in [1.29, 1.82) is 0 Å². The van der Waals surface area contributed by atoms with Crippen molar-refractivity contribution in [2.75, 3.05) is 14.2 Å². The zero-order chi connectivity index (χ0) is 11.5. The molecule has 1 aromatic heterocycles. The van der Waals surface area contributed by atoms with E-state index in [-0.39, 0.29) is 0 Å². The predicted molar refractivity (Wildman–Crippen MR) is 64.4 cm³/mol. The Kier molecular flexibility index (Phi) is 3.14. The maximum Gasteiger partial charge on any atom is 0.171 e. The second-order valence-electron chi connectivity index (χ2n) is 3.11. The largest absolute Gasteiger partial charge is 0.497 e. The van der Waals surface area contributed by atoms with Crippen LogP contribution >= 0.6 is 15.9 Å². The molecule has 84 valence electrons. The summed E-state index contributed by atoms with van der Waals surface area (Å²) in [5, 5.41) is 4.22. The summed E-state index contributed by atoms with van der Waals surface area (Å²) in [6.07, 6.45) is 1.66. The van der Waals surface area contributed by atoms with Gasteiger partial charge in [-0.1, -0.05) is 0 Å². The molecule has 0 aliphatic rings. The van der Waals surface area contributed by atoms with Gasteiger partial charge in [0.05, 0.1) is 26.1 Å². The highest BCUT2D eigenvalue weighted by atomic mass is 79.9. The maximum absolute atomic E-state index is 5.14. The Morgan fingerprint density at radius 1 is 1.12 bits per heavy atom. The Morgan fingerprint density at radius 3 is 2.31 bits per heavy atom. The van der Waals surface area contributed by atoms with Gasteiger partial charge in [0.1, 0.15) is 5.75 Å². The van der Waals surface area contributed by atoms with Crippen LogP contribution in [0, 0.1) is 0 Å².